The van der Waals surface area contributed by atoms with Crippen LogP contribution in [0.1, 0.15) is 35.9 Å². The Kier molecular flexibility index (Phi) is 3.60. The molecule has 0 bridgehead atoms. The molecule has 1 unspecified atom stereocenters. The van der Waals surface area contributed by atoms with E-state index in [0.717, 1.165) is 24.3 Å². The Labute approximate surface area is 120 Å². The summed E-state index contributed by atoms with van der Waals surface area (Å²) in [5.74, 6) is 0.0865. The van der Waals surface area contributed by atoms with Gasteiger partial charge in [-0.3, -0.25) is 4.79 Å². The summed E-state index contributed by atoms with van der Waals surface area (Å²) in [5.41, 5.74) is 0. The molecule has 2 aromatic rings. The fourth-order valence-corrected chi connectivity index (χ4v) is 4.79. The molecule has 1 aliphatic heterocycles. The van der Waals surface area contributed by atoms with Crippen LogP contribution in [0.5, 0.6) is 0 Å². The molecular weight excluding hydrogens is 278 g/mol. The lowest BCUT2D eigenvalue weighted by Gasteiger charge is -2.27. The van der Waals surface area contributed by atoms with Gasteiger partial charge in [-0.1, -0.05) is 6.92 Å². The SMILES string of the molecule is CCC(O)[C@H]1CCCN1C(=O)c1cc2sccc2s1. The number of likely N-dealkylation sites (tertiary alicyclic amines) is 1. The second-order valence-electron chi connectivity index (χ2n) is 4.94. The highest BCUT2D eigenvalue weighted by Crippen LogP contribution is 2.32. The lowest BCUT2D eigenvalue weighted by Crippen LogP contribution is -2.42. The lowest BCUT2D eigenvalue weighted by atomic mass is 10.1. The number of hydrogen-bond donors (Lipinski definition) is 1. The Hall–Kier alpha value is -0.910. The van der Waals surface area contributed by atoms with Crippen LogP contribution in [0.25, 0.3) is 9.40 Å². The van der Waals surface area contributed by atoms with Crippen molar-refractivity contribution in [3.63, 3.8) is 0 Å². The molecule has 3 nitrogen and oxygen atoms in total. The summed E-state index contributed by atoms with van der Waals surface area (Å²) in [6.07, 6.45) is 2.22. The van der Waals surface area contributed by atoms with Crippen molar-refractivity contribution < 1.29 is 9.90 Å². The zero-order valence-electron chi connectivity index (χ0n) is 10.8. The van der Waals surface area contributed by atoms with Crippen LogP contribution in [0.4, 0.5) is 0 Å². The van der Waals surface area contributed by atoms with Crippen molar-refractivity contribution in [2.45, 2.75) is 38.3 Å². The van der Waals surface area contributed by atoms with Gasteiger partial charge in [0.25, 0.3) is 5.91 Å². The molecule has 1 amide bonds. The molecule has 0 saturated carbocycles. The molecule has 1 fully saturated rings. The van der Waals surface area contributed by atoms with Crippen LogP contribution >= 0.6 is 22.7 Å². The smallest absolute Gasteiger partial charge is 0.264 e. The Balaban J connectivity index is 1.84. The van der Waals surface area contributed by atoms with Crippen LogP contribution in [0, 0.1) is 0 Å². The summed E-state index contributed by atoms with van der Waals surface area (Å²) >= 11 is 3.23. The highest BCUT2D eigenvalue weighted by Gasteiger charge is 2.34. The quantitative estimate of drug-likeness (QED) is 0.943. The van der Waals surface area contributed by atoms with Gasteiger partial charge in [-0.05, 0) is 36.8 Å². The van der Waals surface area contributed by atoms with Gasteiger partial charge in [0.2, 0.25) is 0 Å². The van der Waals surface area contributed by atoms with Gasteiger partial charge in [0.05, 0.1) is 17.0 Å². The second-order valence-corrected chi connectivity index (χ2v) is 6.97. The number of thiophene rings is 2. The number of carbonyl (C=O) groups is 1. The molecule has 0 aromatic carbocycles. The maximum atomic E-state index is 12.6. The summed E-state index contributed by atoms with van der Waals surface area (Å²) in [4.78, 5) is 15.2. The molecule has 1 N–H and O–H groups in total. The van der Waals surface area contributed by atoms with Crippen molar-refractivity contribution in [2.75, 3.05) is 6.54 Å². The van der Waals surface area contributed by atoms with Crippen LogP contribution in [0.2, 0.25) is 0 Å². The number of nitrogens with zero attached hydrogens (tertiary/aromatic N) is 1. The summed E-state index contributed by atoms with van der Waals surface area (Å²) in [5, 5.41) is 12.1. The molecular formula is C14H17NO2S2. The maximum Gasteiger partial charge on any atom is 0.264 e. The third kappa shape index (κ3) is 2.30. The van der Waals surface area contributed by atoms with E-state index in [1.54, 1.807) is 22.7 Å². The predicted octanol–water partition coefficient (Wildman–Crippen LogP) is 3.34. The molecule has 102 valence electrons. The third-order valence-corrected chi connectivity index (χ3v) is 5.85. The Morgan fingerprint density at radius 1 is 1.58 bits per heavy atom. The lowest BCUT2D eigenvalue weighted by molar-refractivity contribution is 0.0483. The van der Waals surface area contributed by atoms with E-state index in [2.05, 4.69) is 11.4 Å². The van der Waals surface area contributed by atoms with Crippen LogP contribution in [0.15, 0.2) is 17.5 Å². The topological polar surface area (TPSA) is 40.5 Å². The number of aliphatic hydroxyl groups excluding tert-OH is 1. The highest BCUT2D eigenvalue weighted by molar-refractivity contribution is 7.27. The van der Waals surface area contributed by atoms with Crippen molar-refractivity contribution in [3.05, 3.63) is 22.4 Å². The normalized spacial score (nSPS) is 21.2. The second kappa shape index (κ2) is 5.23. The zero-order valence-corrected chi connectivity index (χ0v) is 12.5. The highest BCUT2D eigenvalue weighted by atomic mass is 32.1. The fraction of sp³-hybridized carbons (Fsp3) is 0.500. The molecule has 2 aromatic heterocycles. The first-order valence-corrected chi connectivity index (χ1v) is 8.36. The molecule has 5 heteroatoms. The van der Waals surface area contributed by atoms with Gasteiger partial charge in [-0.15, -0.1) is 22.7 Å². The van der Waals surface area contributed by atoms with E-state index in [0.29, 0.717) is 6.42 Å². The molecule has 2 atom stereocenters. The van der Waals surface area contributed by atoms with Gasteiger partial charge >= 0.3 is 0 Å². The Morgan fingerprint density at radius 2 is 2.42 bits per heavy atom. The van der Waals surface area contributed by atoms with Crippen LogP contribution in [-0.4, -0.2) is 34.6 Å². The first-order valence-electron chi connectivity index (χ1n) is 6.66. The molecule has 0 radical (unpaired) electrons. The van der Waals surface area contributed by atoms with E-state index in [9.17, 15) is 9.90 Å². The van der Waals surface area contributed by atoms with Crippen molar-refractivity contribution in [1.29, 1.82) is 0 Å². The van der Waals surface area contributed by atoms with E-state index in [-0.39, 0.29) is 11.9 Å². The third-order valence-electron chi connectivity index (χ3n) is 3.77. The first kappa shape index (κ1) is 13.1. The van der Waals surface area contributed by atoms with Crippen molar-refractivity contribution >= 4 is 38.0 Å². The number of rotatable bonds is 3. The van der Waals surface area contributed by atoms with E-state index in [1.807, 2.05) is 17.9 Å². The van der Waals surface area contributed by atoms with Crippen molar-refractivity contribution in [3.8, 4) is 0 Å². The van der Waals surface area contributed by atoms with Gasteiger partial charge in [-0.2, -0.15) is 0 Å². The average Bonchev–Trinajstić information content (AvgIpc) is 3.10. The number of fused-ring (bicyclic) bond motifs is 1. The Morgan fingerprint density at radius 3 is 3.16 bits per heavy atom. The standard InChI is InChI=1S/C14H17NO2S2/c1-2-10(16)9-4-3-6-15(9)14(17)13-8-12-11(19-13)5-7-18-12/h5,7-10,16H,2-4,6H2,1H3/t9-,10?/m1/s1. The van der Waals surface area contributed by atoms with Gasteiger partial charge in [0.15, 0.2) is 0 Å². The number of aliphatic hydroxyl groups is 1. The van der Waals surface area contributed by atoms with Gasteiger partial charge < -0.3 is 10.0 Å². The van der Waals surface area contributed by atoms with Gasteiger partial charge in [0.1, 0.15) is 0 Å². The predicted molar refractivity (Wildman–Crippen MR) is 80.1 cm³/mol. The minimum atomic E-state index is -0.396. The minimum Gasteiger partial charge on any atom is -0.391 e. The monoisotopic (exact) mass is 295 g/mol. The number of amides is 1. The molecule has 0 spiro atoms. The number of carbonyl (C=O) groups excluding carboxylic acids is 1. The summed E-state index contributed by atoms with van der Waals surface area (Å²) in [6.45, 7) is 2.73. The van der Waals surface area contributed by atoms with Crippen molar-refractivity contribution in [1.82, 2.24) is 4.90 Å². The molecule has 1 saturated heterocycles. The Bertz CT molecular complexity index is 561. The molecule has 0 aliphatic carbocycles. The molecule has 19 heavy (non-hydrogen) atoms. The van der Waals surface area contributed by atoms with E-state index >= 15 is 0 Å². The van der Waals surface area contributed by atoms with Crippen molar-refractivity contribution in [2.24, 2.45) is 0 Å². The van der Waals surface area contributed by atoms with Gasteiger partial charge in [-0.25, -0.2) is 0 Å². The molecule has 3 rings (SSSR count). The molecule has 1 aliphatic rings. The fourth-order valence-electron chi connectivity index (χ4n) is 2.73. The number of hydrogen-bond acceptors (Lipinski definition) is 4. The van der Waals surface area contributed by atoms with E-state index in [4.69, 9.17) is 0 Å². The van der Waals surface area contributed by atoms with Crippen LogP contribution in [0.3, 0.4) is 0 Å². The van der Waals surface area contributed by atoms with Gasteiger partial charge in [0, 0.05) is 15.9 Å². The summed E-state index contributed by atoms with van der Waals surface area (Å²) in [7, 11) is 0. The van der Waals surface area contributed by atoms with Crippen LogP contribution in [-0.2, 0) is 0 Å². The first-order chi connectivity index (χ1) is 9.20. The zero-order chi connectivity index (χ0) is 13.4. The summed E-state index contributed by atoms with van der Waals surface area (Å²) < 4.78 is 2.36. The average molecular weight is 295 g/mol. The summed E-state index contributed by atoms with van der Waals surface area (Å²) in [6, 6.07) is 4.04. The minimum absolute atomic E-state index is 0.00219. The largest absolute Gasteiger partial charge is 0.391 e. The van der Waals surface area contributed by atoms with E-state index in [1.165, 1.54) is 9.40 Å². The van der Waals surface area contributed by atoms with Crippen LogP contribution < -0.4 is 0 Å². The maximum absolute atomic E-state index is 12.6. The molecule has 3 heterocycles. The van der Waals surface area contributed by atoms with E-state index < -0.39 is 6.10 Å².